The topological polar surface area (TPSA) is 92.9 Å². The summed E-state index contributed by atoms with van der Waals surface area (Å²) in [6.07, 6.45) is 7.53. The van der Waals surface area contributed by atoms with E-state index in [1.165, 1.54) is 6.42 Å². The number of aromatic nitrogens is 1. The molecule has 2 aliphatic heterocycles. The van der Waals surface area contributed by atoms with Gasteiger partial charge in [-0.05, 0) is 37.8 Å². The van der Waals surface area contributed by atoms with Gasteiger partial charge in [0.25, 0.3) is 5.56 Å². The number of rotatable bonds is 5. The maximum Gasteiger partial charge on any atom is 0.318 e. The fraction of sp³-hybridized carbons (Fsp3) is 0.565. The summed E-state index contributed by atoms with van der Waals surface area (Å²) in [6.45, 7) is 1.63. The van der Waals surface area contributed by atoms with Crippen molar-refractivity contribution in [3.63, 3.8) is 0 Å². The van der Waals surface area contributed by atoms with Crippen molar-refractivity contribution < 1.29 is 19.0 Å². The molecule has 166 valence electrons. The van der Waals surface area contributed by atoms with Gasteiger partial charge >= 0.3 is 6.03 Å². The fourth-order valence-corrected chi connectivity index (χ4v) is 4.73. The first-order valence-corrected chi connectivity index (χ1v) is 11.3. The summed E-state index contributed by atoms with van der Waals surface area (Å²) in [6, 6.07) is 5.58. The molecule has 0 bridgehead atoms. The molecule has 1 aromatic carbocycles. The van der Waals surface area contributed by atoms with Gasteiger partial charge in [0.2, 0.25) is 6.79 Å². The zero-order valence-corrected chi connectivity index (χ0v) is 17.7. The molecule has 1 aromatic heterocycles. The van der Waals surface area contributed by atoms with E-state index in [2.05, 4.69) is 10.3 Å². The number of hydrogen-bond donors (Lipinski definition) is 2. The van der Waals surface area contributed by atoms with Gasteiger partial charge in [-0.3, -0.25) is 4.79 Å². The van der Waals surface area contributed by atoms with Crippen molar-refractivity contribution in [3.8, 4) is 11.5 Å². The first-order valence-electron chi connectivity index (χ1n) is 11.3. The standard InChI is InChI=1S/C23H29N3O5/c27-22-16(9-15-10-20-21(31-14-30-20)11-19(15)25-22)12-26(13-18-7-4-8-29-18)23(28)24-17-5-2-1-3-6-17/h9-11,17-18H,1-8,12-14H2,(H,24,28)(H,25,27)/t18-/m0/s1. The van der Waals surface area contributed by atoms with Crippen LogP contribution < -0.4 is 20.3 Å². The minimum Gasteiger partial charge on any atom is -0.454 e. The van der Waals surface area contributed by atoms with Crippen LogP contribution in [0.3, 0.4) is 0 Å². The van der Waals surface area contributed by atoms with Gasteiger partial charge in [0, 0.05) is 36.2 Å². The first-order chi connectivity index (χ1) is 15.2. The molecule has 1 aliphatic carbocycles. The lowest BCUT2D eigenvalue weighted by atomic mass is 9.96. The molecule has 2 amide bonds. The van der Waals surface area contributed by atoms with E-state index in [4.69, 9.17) is 14.2 Å². The highest BCUT2D eigenvalue weighted by Gasteiger charge is 2.26. The molecule has 2 N–H and O–H groups in total. The maximum absolute atomic E-state index is 13.1. The number of carbonyl (C=O) groups excluding carboxylic acids is 1. The predicted molar refractivity (Wildman–Crippen MR) is 115 cm³/mol. The summed E-state index contributed by atoms with van der Waals surface area (Å²) in [4.78, 5) is 30.6. The largest absolute Gasteiger partial charge is 0.454 e. The van der Waals surface area contributed by atoms with Gasteiger partial charge in [0.05, 0.1) is 18.2 Å². The van der Waals surface area contributed by atoms with Crippen LogP contribution in [0.4, 0.5) is 4.79 Å². The highest BCUT2D eigenvalue weighted by Crippen LogP contribution is 2.35. The van der Waals surface area contributed by atoms with E-state index in [0.29, 0.717) is 29.1 Å². The molecule has 8 heteroatoms. The number of ether oxygens (including phenoxy) is 3. The lowest BCUT2D eigenvalue weighted by molar-refractivity contribution is 0.0784. The Morgan fingerprint density at radius 1 is 1.06 bits per heavy atom. The first kappa shape index (κ1) is 20.2. The van der Waals surface area contributed by atoms with Crippen molar-refractivity contribution in [1.82, 2.24) is 15.2 Å². The quantitative estimate of drug-likeness (QED) is 0.764. The normalized spacial score (nSPS) is 20.8. The monoisotopic (exact) mass is 427 g/mol. The van der Waals surface area contributed by atoms with Crippen LogP contribution in [0.2, 0.25) is 0 Å². The Labute approximate surface area is 180 Å². The smallest absolute Gasteiger partial charge is 0.318 e. The maximum atomic E-state index is 13.1. The van der Waals surface area contributed by atoms with E-state index < -0.39 is 0 Å². The highest BCUT2D eigenvalue weighted by molar-refractivity contribution is 5.83. The third-order valence-corrected chi connectivity index (χ3v) is 6.44. The van der Waals surface area contributed by atoms with E-state index in [1.807, 2.05) is 12.1 Å². The molecular weight excluding hydrogens is 398 g/mol. The van der Waals surface area contributed by atoms with Crippen LogP contribution in [0.15, 0.2) is 23.0 Å². The highest BCUT2D eigenvalue weighted by atomic mass is 16.7. The van der Waals surface area contributed by atoms with Gasteiger partial charge in [0.15, 0.2) is 11.5 Å². The number of pyridine rings is 1. The molecule has 2 aromatic rings. The molecule has 0 radical (unpaired) electrons. The molecule has 1 atom stereocenters. The molecule has 8 nitrogen and oxygen atoms in total. The van der Waals surface area contributed by atoms with Crippen molar-refractivity contribution in [2.45, 2.75) is 63.6 Å². The SMILES string of the molecule is O=C(NC1CCCCC1)N(Cc1cc2cc3c(cc2[nH]c1=O)OCO3)C[C@@H]1CCCO1. The van der Waals surface area contributed by atoms with E-state index in [-0.39, 0.29) is 37.1 Å². The number of nitrogens with one attached hydrogen (secondary N) is 2. The van der Waals surface area contributed by atoms with Gasteiger partial charge < -0.3 is 29.4 Å². The molecule has 3 heterocycles. The number of amides is 2. The molecule has 0 unspecified atom stereocenters. The zero-order valence-electron chi connectivity index (χ0n) is 17.7. The minimum absolute atomic E-state index is 0.0189. The number of urea groups is 1. The van der Waals surface area contributed by atoms with E-state index in [0.717, 1.165) is 50.5 Å². The number of fused-ring (bicyclic) bond motifs is 2. The van der Waals surface area contributed by atoms with Gasteiger partial charge in [0.1, 0.15) is 0 Å². The predicted octanol–water partition coefficient (Wildman–Crippen LogP) is 3.28. The lowest BCUT2D eigenvalue weighted by Gasteiger charge is -2.29. The summed E-state index contributed by atoms with van der Waals surface area (Å²) in [5, 5.41) is 4.04. The second-order valence-electron chi connectivity index (χ2n) is 8.72. The molecule has 31 heavy (non-hydrogen) atoms. The van der Waals surface area contributed by atoms with Gasteiger partial charge in [-0.1, -0.05) is 19.3 Å². The lowest BCUT2D eigenvalue weighted by Crippen LogP contribution is -2.48. The number of aromatic amines is 1. The van der Waals surface area contributed by atoms with E-state index in [1.54, 1.807) is 11.0 Å². The Kier molecular flexibility index (Phi) is 5.72. The molecule has 5 rings (SSSR count). The third-order valence-electron chi connectivity index (χ3n) is 6.44. The minimum atomic E-state index is -0.200. The van der Waals surface area contributed by atoms with Crippen LogP contribution in [0, 0.1) is 0 Å². The van der Waals surface area contributed by atoms with Crippen LogP contribution in [-0.2, 0) is 11.3 Å². The van der Waals surface area contributed by atoms with Gasteiger partial charge in [-0.2, -0.15) is 0 Å². The Morgan fingerprint density at radius 2 is 1.87 bits per heavy atom. The van der Waals surface area contributed by atoms with Crippen LogP contribution in [0.25, 0.3) is 10.9 Å². The Bertz CT molecular complexity index is 1010. The number of benzene rings is 1. The number of nitrogens with zero attached hydrogens (tertiary/aromatic N) is 1. The second-order valence-corrected chi connectivity index (χ2v) is 8.72. The van der Waals surface area contributed by atoms with Crippen molar-refractivity contribution >= 4 is 16.9 Å². The Hall–Kier alpha value is -2.74. The van der Waals surface area contributed by atoms with E-state index in [9.17, 15) is 9.59 Å². The fourth-order valence-electron chi connectivity index (χ4n) is 4.73. The number of carbonyl (C=O) groups is 1. The van der Waals surface area contributed by atoms with Gasteiger partial charge in [-0.25, -0.2) is 4.79 Å². The number of H-pyrrole nitrogens is 1. The molecule has 0 spiro atoms. The van der Waals surface area contributed by atoms with E-state index >= 15 is 0 Å². The van der Waals surface area contributed by atoms with Crippen molar-refractivity contribution in [2.75, 3.05) is 19.9 Å². The van der Waals surface area contributed by atoms with Crippen LogP contribution in [0.1, 0.15) is 50.5 Å². The molecular formula is C23H29N3O5. The summed E-state index contributed by atoms with van der Waals surface area (Å²) in [5.74, 6) is 1.29. The summed E-state index contributed by atoms with van der Waals surface area (Å²) in [7, 11) is 0. The molecule has 2 fully saturated rings. The molecule has 3 aliphatic rings. The summed E-state index contributed by atoms with van der Waals surface area (Å²) < 4.78 is 16.6. The van der Waals surface area contributed by atoms with Crippen LogP contribution in [0.5, 0.6) is 11.5 Å². The van der Waals surface area contributed by atoms with Crippen molar-refractivity contribution in [1.29, 1.82) is 0 Å². The van der Waals surface area contributed by atoms with Crippen LogP contribution >= 0.6 is 0 Å². The van der Waals surface area contributed by atoms with Crippen molar-refractivity contribution in [2.24, 2.45) is 0 Å². The third kappa shape index (κ3) is 4.49. The van der Waals surface area contributed by atoms with Gasteiger partial charge in [-0.15, -0.1) is 0 Å². The average Bonchev–Trinajstić information content (AvgIpc) is 3.44. The Balaban J connectivity index is 1.38. The Morgan fingerprint density at radius 3 is 2.65 bits per heavy atom. The zero-order chi connectivity index (χ0) is 21.2. The van der Waals surface area contributed by atoms with Crippen LogP contribution in [-0.4, -0.2) is 48.0 Å². The second kappa shape index (κ2) is 8.78. The van der Waals surface area contributed by atoms with Crippen molar-refractivity contribution in [3.05, 3.63) is 34.1 Å². The molecule has 1 saturated carbocycles. The molecule has 1 saturated heterocycles. The summed E-state index contributed by atoms with van der Waals surface area (Å²) >= 11 is 0. The summed E-state index contributed by atoms with van der Waals surface area (Å²) in [5.41, 5.74) is 1.03. The average molecular weight is 428 g/mol. The number of hydrogen-bond acceptors (Lipinski definition) is 5.